The van der Waals surface area contributed by atoms with E-state index in [9.17, 15) is 18.0 Å². The zero-order valence-electron chi connectivity index (χ0n) is 15.9. The first kappa shape index (κ1) is 21.0. The van der Waals surface area contributed by atoms with Gasteiger partial charge in [-0.15, -0.1) is 22.7 Å². The highest BCUT2D eigenvalue weighted by atomic mass is 32.1. The first-order valence-electron chi connectivity index (χ1n) is 8.95. The Labute approximate surface area is 183 Å². The SMILES string of the molecule is Cc1nc(-c2ccc(F)cc2)sc1C(=O)Nc1nc(-c2ccccc2OC(F)F)cs1. The number of nitrogens with one attached hydrogen (secondary N) is 1. The summed E-state index contributed by atoms with van der Waals surface area (Å²) in [5, 5.41) is 5.26. The molecule has 0 radical (unpaired) electrons. The lowest BCUT2D eigenvalue weighted by Crippen LogP contribution is -2.11. The molecule has 0 atom stereocenters. The minimum atomic E-state index is -2.96. The Kier molecular flexibility index (Phi) is 6.01. The molecule has 0 spiro atoms. The Hall–Kier alpha value is -3.24. The molecule has 4 aromatic rings. The molecule has 0 aliphatic rings. The number of carbonyl (C=O) groups excluding carboxylic acids is 1. The predicted octanol–water partition coefficient (Wildman–Crippen LogP) is 6.23. The van der Waals surface area contributed by atoms with Gasteiger partial charge in [-0.05, 0) is 43.3 Å². The van der Waals surface area contributed by atoms with Gasteiger partial charge in [-0.2, -0.15) is 8.78 Å². The molecule has 10 heteroatoms. The van der Waals surface area contributed by atoms with Crippen LogP contribution >= 0.6 is 22.7 Å². The van der Waals surface area contributed by atoms with Gasteiger partial charge in [-0.3, -0.25) is 10.1 Å². The minimum absolute atomic E-state index is 0.00270. The fourth-order valence-electron chi connectivity index (χ4n) is 2.81. The van der Waals surface area contributed by atoms with E-state index in [4.69, 9.17) is 0 Å². The Morgan fingerprint density at radius 3 is 2.58 bits per heavy atom. The first-order chi connectivity index (χ1) is 14.9. The average Bonchev–Trinajstić information content (AvgIpc) is 3.35. The fraction of sp³-hybridized carbons (Fsp3) is 0.0952. The first-order valence-corrected chi connectivity index (χ1v) is 10.6. The molecule has 2 aromatic heterocycles. The van der Waals surface area contributed by atoms with Crippen LogP contribution < -0.4 is 10.1 Å². The van der Waals surface area contributed by atoms with Crippen molar-refractivity contribution in [3.8, 4) is 27.6 Å². The molecule has 0 saturated carbocycles. The van der Waals surface area contributed by atoms with Gasteiger partial charge in [0.25, 0.3) is 5.91 Å². The summed E-state index contributed by atoms with van der Waals surface area (Å²) in [5.74, 6) is -0.737. The van der Waals surface area contributed by atoms with Gasteiger partial charge >= 0.3 is 6.61 Å². The van der Waals surface area contributed by atoms with E-state index in [1.54, 1.807) is 42.6 Å². The number of aryl methyl sites for hydroxylation is 1. The van der Waals surface area contributed by atoms with Crippen molar-refractivity contribution in [3.05, 3.63) is 70.3 Å². The number of alkyl halides is 2. The summed E-state index contributed by atoms with van der Waals surface area (Å²) >= 11 is 2.35. The Morgan fingerprint density at radius 1 is 1.10 bits per heavy atom. The molecule has 158 valence electrons. The Bertz CT molecular complexity index is 1220. The van der Waals surface area contributed by atoms with E-state index < -0.39 is 6.61 Å². The van der Waals surface area contributed by atoms with E-state index in [1.807, 2.05) is 0 Å². The average molecular weight is 461 g/mol. The van der Waals surface area contributed by atoms with E-state index in [0.717, 1.165) is 11.3 Å². The van der Waals surface area contributed by atoms with Crippen molar-refractivity contribution in [3.63, 3.8) is 0 Å². The number of hydrogen-bond acceptors (Lipinski definition) is 6. The standard InChI is InChI=1S/C21H14F3N3O2S2/c1-11-17(31-19(25-11)12-6-8-13(22)9-7-12)18(28)27-21-26-15(10-30-21)14-4-2-3-5-16(14)29-20(23)24/h2-10,20H,1H3,(H,26,27,28). The Morgan fingerprint density at radius 2 is 1.84 bits per heavy atom. The van der Waals surface area contributed by atoms with Gasteiger partial charge in [0.05, 0.1) is 11.4 Å². The second-order valence-corrected chi connectivity index (χ2v) is 8.16. The molecule has 31 heavy (non-hydrogen) atoms. The number of thiazole rings is 2. The lowest BCUT2D eigenvalue weighted by atomic mass is 10.1. The monoisotopic (exact) mass is 461 g/mol. The number of para-hydroxylation sites is 1. The number of anilines is 1. The van der Waals surface area contributed by atoms with Crippen LogP contribution in [0.15, 0.2) is 53.9 Å². The molecule has 2 aromatic carbocycles. The van der Waals surface area contributed by atoms with Crippen LogP contribution in [0.2, 0.25) is 0 Å². The molecule has 4 rings (SSSR count). The van der Waals surface area contributed by atoms with Crippen LogP contribution in [-0.4, -0.2) is 22.5 Å². The molecule has 0 fully saturated rings. The number of aromatic nitrogens is 2. The second kappa shape index (κ2) is 8.86. The molecule has 0 aliphatic heterocycles. The zero-order chi connectivity index (χ0) is 22.0. The van der Waals surface area contributed by atoms with E-state index in [1.165, 1.54) is 29.5 Å². The van der Waals surface area contributed by atoms with Crippen molar-refractivity contribution in [2.45, 2.75) is 13.5 Å². The lowest BCUT2D eigenvalue weighted by molar-refractivity contribution is -0.0494. The van der Waals surface area contributed by atoms with Gasteiger partial charge in [-0.25, -0.2) is 14.4 Å². The third-order valence-corrected chi connectivity index (χ3v) is 6.16. The number of ether oxygens (including phenoxy) is 1. The summed E-state index contributed by atoms with van der Waals surface area (Å²) in [5.41, 5.74) is 2.05. The van der Waals surface area contributed by atoms with Crippen LogP contribution in [0.3, 0.4) is 0 Å². The van der Waals surface area contributed by atoms with Crippen molar-refractivity contribution in [2.75, 3.05) is 5.32 Å². The largest absolute Gasteiger partial charge is 0.434 e. The molecule has 0 unspecified atom stereocenters. The quantitative estimate of drug-likeness (QED) is 0.369. The second-order valence-electron chi connectivity index (χ2n) is 6.31. The van der Waals surface area contributed by atoms with E-state index in [-0.39, 0.29) is 17.5 Å². The van der Waals surface area contributed by atoms with Crippen LogP contribution in [-0.2, 0) is 0 Å². The molecule has 2 heterocycles. The van der Waals surface area contributed by atoms with E-state index in [2.05, 4.69) is 20.0 Å². The molecule has 0 aliphatic carbocycles. The van der Waals surface area contributed by atoms with Gasteiger partial charge in [0.2, 0.25) is 0 Å². The van der Waals surface area contributed by atoms with Gasteiger partial charge in [0.15, 0.2) is 5.13 Å². The highest BCUT2D eigenvalue weighted by molar-refractivity contribution is 7.17. The van der Waals surface area contributed by atoms with Crippen molar-refractivity contribution < 1.29 is 22.7 Å². The number of nitrogens with zero attached hydrogens (tertiary/aromatic N) is 2. The number of benzene rings is 2. The number of carbonyl (C=O) groups is 1. The predicted molar refractivity (Wildman–Crippen MR) is 114 cm³/mol. The minimum Gasteiger partial charge on any atom is -0.434 e. The van der Waals surface area contributed by atoms with Crippen molar-refractivity contribution >= 4 is 33.7 Å². The normalized spacial score (nSPS) is 11.0. The Balaban J connectivity index is 1.53. The molecular weight excluding hydrogens is 447 g/mol. The highest BCUT2D eigenvalue weighted by Crippen LogP contribution is 2.34. The van der Waals surface area contributed by atoms with Gasteiger partial charge in [0.1, 0.15) is 21.5 Å². The van der Waals surface area contributed by atoms with Gasteiger partial charge < -0.3 is 4.74 Å². The maximum Gasteiger partial charge on any atom is 0.387 e. The van der Waals surface area contributed by atoms with Crippen LogP contribution in [0.1, 0.15) is 15.4 Å². The molecule has 0 saturated heterocycles. The van der Waals surface area contributed by atoms with Crippen molar-refractivity contribution in [2.24, 2.45) is 0 Å². The summed E-state index contributed by atoms with van der Waals surface area (Å²) in [4.78, 5) is 21.9. The van der Waals surface area contributed by atoms with Crippen LogP contribution in [0.4, 0.5) is 18.3 Å². The van der Waals surface area contributed by atoms with Crippen LogP contribution in [0.25, 0.3) is 21.8 Å². The summed E-state index contributed by atoms with van der Waals surface area (Å²) in [6.07, 6.45) is 0. The molecule has 5 nitrogen and oxygen atoms in total. The molecule has 0 bridgehead atoms. The lowest BCUT2D eigenvalue weighted by Gasteiger charge is -2.08. The summed E-state index contributed by atoms with van der Waals surface area (Å²) in [6, 6.07) is 12.2. The van der Waals surface area contributed by atoms with Crippen LogP contribution in [0, 0.1) is 12.7 Å². The topological polar surface area (TPSA) is 64.1 Å². The summed E-state index contributed by atoms with van der Waals surface area (Å²) in [7, 11) is 0. The number of halogens is 3. The third-order valence-electron chi connectivity index (χ3n) is 4.20. The fourth-order valence-corrected chi connectivity index (χ4v) is 4.48. The van der Waals surface area contributed by atoms with Gasteiger partial charge in [-0.1, -0.05) is 12.1 Å². The van der Waals surface area contributed by atoms with Gasteiger partial charge in [0, 0.05) is 16.5 Å². The van der Waals surface area contributed by atoms with Crippen molar-refractivity contribution in [1.29, 1.82) is 0 Å². The molecule has 1 N–H and O–H groups in total. The number of amides is 1. The maximum absolute atomic E-state index is 13.1. The number of rotatable bonds is 6. The smallest absolute Gasteiger partial charge is 0.387 e. The molecular formula is C21H14F3N3O2S2. The highest BCUT2D eigenvalue weighted by Gasteiger charge is 2.19. The zero-order valence-corrected chi connectivity index (χ0v) is 17.6. The third kappa shape index (κ3) is 4.75. The summed E-state index contributed by atoms with van der Waals surface area (Å²) in [6.45, 7) is -1.24. The maximum atomic E-state index is 13.1. The van der Waals surface area contributed by atoms with E-state index >= 15 is 0 Å². The van der Waals surface area contributed by atoms with Crippen molar-refractivity contribution in [1.82, 2.24) is 9.97 Å². The summed E-state index contributed by atoms with van der Waals surface area (Å²) < 4.78 is 43.0. The van der Waals surface area contributed by atoms with Crippen LogP contribution in [0.5, 0.6) is 5.75 Å². The number of hydrogen-bond donors (Lipinski definition) is 1. The molecule has 1 amide bonds. The van der Waals surface area contributed by atoms with E-state index in [0.29, 0.717) is 37.5 Å².